The molecule has 3 aromatic rings. The number of ether oxygens (including phenoxy) is 1. The van der Waals surface area contributed by atoms with Crippen LogP contribution in [0.15, 0.2) is 53.6 Å². The molecule has 1 saturated carbocycles. The molecule has 0 aliphatic heterocycles. The minimum Gasteiger partial charge on any atom is -0.504 e. The van der Waals surface area contributed by atoms with Gasteiger partial charge in [0.1, 0.15) is 16.5 Å². The summed E-state index contributed by atoms with van der Waals surface area (Å²) in [6.45, 7) is -0.152. The van der Waals surface area contributed by atoms with Crippen LogP contribution in [0.3, 0.4) is 0 Å². The number of nitrogens with one attached hydrogen (secondary N) is 2. The third-order valence-corrected chi connectivity index (χ3v) is 8.91. The molecule has 1 atom stereocenters. The van der Waals surface area contributed by atoms with Crippen LogP contribution < -0.4 is 14.8 Å². The van der Waals surface area contributed by atoms with Crippen LogP contribution in [0.4, 0.5) is 23.2 Å². The van der Waals surface area contributed by atoms with Crippen molar-refractivity contribution in [3.05, 3.63) is 76.7 Å². The van der Waals surface area contributed by atoms with Crippen molar-refractivity contribution in [3.8, 4) is 11.5 Å². The number of sulfonamides is 1. The maximum Gasteiger partial charge on any atom is 0.433 e. The van der Waals surface area contributed by atoms with Crippen molar-refractivity contribution < 1.29 is 40.6 Å². The number of rotatable bonds is 10. The van der Waals surface area contributed by atoms with Crippen LogP contribution in [0.5, 0.6) is 11.5 Å². The number of phenolic OH excluding ortho intramolecular Hbond substituents is 1. The van der Waals surface area contributed by atoms with Crippen LogP contribution in [0.25, 0.3) is 0 Å². The number of anilines is 1. The van der Waals surface area contributed by atoms with Gasteiger partial charge in [-0.1, -0.05) is 37.5 Å². The minimum atomic E-state index is -4.63. The van der Waals surface area contributed by atoms with Gasteiger partial charge in [0.25, 0.3) is 0 Å². The van der Waals surface area contributed by atoms with Crippen molar-refractivity contribution in [2.45, 2.75) is 61.0 Å². The van der Waals surface area contributed by atoms with Gasteiger partial charge in [0.05, 0.1) is 25.0 Å². The summed E-state index contributed by atoms with van der Waals surface area (Å²) in [6.07, 6.45) is 0.991. The normalized spacial score (nSPS) is 15.1. The van der Waals surface area contributed by atoms with Gasteiger partial charge in [0.15, 0.2) is 11.5 Å². The Morgan fingerprint density at radius 1 is 1.09 bits per heavy atom. The van der Waals surface area contributed by atoms with E-state index in [4.69, 9.17) is 4.74 Å². The van der Waals surface area contributed by atoms with Gasteiger partial charge in [-0.25, -0.2) is 17.8 Å². The SMILES string of the molecule is COc1cc(C(C(=O)NCc2ccc(C(F)(F)F)nc2SC2CCCCC2)c2ccc(NS(C)(=O)=O)c(F)c2)ccc1O. The van der Waals surface area contributed by atoms with Crippen molar-refractivity contribution in [2.24, 2.45) is 0 Å². The summed E-state index contributed by atoms with van der Waals surface area (Å²) in [7, 11) is -2.45. The summed E-state index contributed by atoms with van der Waals surface area (Å²) < 4.78 is 85.8. The average Bonchev–Trinajstić information content (AvgIpc) is 2.94. The van der Waals surface area contributed by atoms with Crippen LogP contribution in [0.1, 0.15) is 60.4 Å². The predicted octanol–water partition coefficient (Wildman–Crippen LogP) is 6.20. The molecule has 1 fully saturated rings. The van der Waals surface area contributed by atoms with Crippen LogP contribution in [0, 0.1) is 5.82 Å². The zero-order valence-corrected chi connectivity index (χ0v) is 25.0. The highest BCUT2D eigenvalue weighted by Gasteiger charge is 2.34. The number of amides is 1. The Morgan fingerprint density at radius 3 is 2.40 bits per heavy atom. The topological polar surface area (TPSA) is 118 Å². The Morgan fingerprint density at radius 2 is 1.77 bits per heavy atom. The van der Waals surface area contributed by atoms with Gasteiger partial charge in [-0.3, -0.25) is 9.52 Å². The maximum atomic E-state index is 15.0. The lowest BCUT2D eigenvalue weighted by atomic mass is 9.89. The van der Waals surface area contributed by atoms with E-state index in [1.54, 1.807) is 0 Å². The molecule has 2 aromatic carbocycles. The first-order valence-corrected chi connectivity index (χ1v) is 16.2. The largest absolute Gasteiger partial charge is 0.504 e. The number of carbonyl (C=O) groups is 1. The number of nitrogens with zero attached hydrogens (tertiary/aromatic N) is 1. The molecule has 0 radical (unpaired) electrons. The molecule has 8 nitrogen and oxygen atoms in total. The first-order valence-electron chi connectivity index (χ1n) is 13.4. The van der Waals surface area contributed by atoms with Gasteiger partial charge >= 0.3 is 6.18 Å². The van der Waals surface area contributed by atoms with E-state index in [0.717, 1.165) is 50.5 Å². The smallest absolute Gasteiger partial charge is 0.433 e. The summed E-state index contributed by atoms with van der Waals surface area (Å²) in [6, 6.07) is 9.91. The van der Waals surface area contributed by atoms with Gasteiger partial charge in [-0.2, -0.15) is 13.2 Å². The lowest BCUT2D eigenvalue weighted by Crippen LogP contribution is -2.30. The lowest BCUT2D eigenvalue weighted by Gasteiger charge is -2.23. The Balaban J connectivity index is 1.66. The van der Waals surface area contributed by atoms with Crippen LogP contribution in [0.2, 0.25) is 0 Å². The van der Waals surface area contributed by atoms with Crippen molar-refractivity contribution >= 4 is 33.4 Å². The fraction of sp³-hybridized carbons (Fsp3) is 0.379. The van der Waals surface area contributed by atoms with Gasteiger partial charge in [-0.15, -0.1) is 11.8 Å². The molecule has 1 aliphatic carbocycles. The second kappa shape index (κ2) is 13.4. The second-order valence-electron chi connectivity index (χ2n) is 10.2. The highest BCUT2D eigenvalue weighted by molar-refractivity contribution is 7.99. The average molecular weight is 642 g/mol. The number of hydrogen-bond donors (Lipinski definition) is 3. The molecule has 232 valence electrons. The molecule has 14 heteroatoms. The third-order valence-electron chi connectivity index (χ3n) is 6.93. The fourth-order valence-electron chi connectivity index (χ4n) is 4.85. The van der Waals surface area contributed by atoms with Crippen molar-refractivity contribution in [1.29, 1.82) is 0 Å². The number of methoxy groups -OCH3 is 1. The molecule has 0 spiro atoms. The molecular formula is C29H31F4N3O5S2. The zero-order chi connectivity index (χ0) is 31.4. The van der Waals surface area contributed by atoms with E-state index in [2.05, 4.69) is 15.0 Å². The van der Waals surface area contributed by atoms with E-state index < -0.39 is 39.5 Å². The lowest BCUT2D eigenvalue weighted by molar-refractivity contribution is -0.141. The number of phenols is 1. The Bertz CT molecular complexity index is 1580. The molecular weight excluding hydrogens is 610 g/mol. The number of pyridine rings is 1. The van der Waals surface area contributed by atoms with Crippen molar-refractivity contribution in [3.63, 3.8) is 0 Å². The van der Waals surface area contributed by atoms with Crippen LogP contribution in [-0.4, -0.2) is 43.0 Å². The third kappa shape index (κ3) is 8.53. The van der Waals surface area contributed by atoms with Gasteiger partial charge in [0.2, 0.25) is 15.9 Å². The van der Waals surface area contributed by atoms with Gasteiger partial charge in [0, 0.05) is 17.4 Å². The first kappa shape index (κ1) is 32.4. The summed E-state index contributed by atoms with van der Waals surface area (Å²) >= 11 is 1.28. The number of hydrogen-bond acceptors (Lipinski definition) is 7. The quantitative estimate of drug-likeness (QED) is 0.226. The van der Waals surface area contributed by atoms with E-state index in [0.29, 0.717) is 11.1 Å². The molecule has 1 aliphatic rings. The number of aromatic nitrogens is 1. The molecule has 1 aromatic heterocycles. The van der Waals surface area contributed by atoms with E-state index in [9.17, 15) is 35.9 Å². The number of alkyl halides is 3. The highest BCUT2D eigenvalue weighted by Crippen LogP contribution is 2.38. The molecule has 1 unspecified atom stereocenters. The van der Waals surface area contributed by atoms with Crippen LogP contribution >= 0.6 is 11.8 Å². The van der Waals surface area contributed by atoms with Crippen molar-refractivity contribution in [2.75, 3.05) is 18.1 Å². The van der Waals surface area contributed by atoms with Crippen molar-refractivity contribution in [1.82, 2.24) is 10.3 Å². The summed E-state index contributed by atoms with van der Waals surface area (Å²) in [5.74, 6) is -2.84. The Hall–Kier alpha value is -3.52. The Kier molecular flexibility index (Phi) is 10.1. The zero-order valence-electron chi connectivity index (χ0n) is 23.4. The fourth-order valence-corrected chi connectivity index (χ4v) is 6.74. The summed E-state index contributed by atoms with van der Waals surface area (Å²) in [5.41, 5.74) is -0.457. The summed E-state index contributed by atoms with van der Waals surface area (Å²) in [4.78, 5) is 17.6. The number of aromatic hydroxyl groups is 1. The molecule has 0 bridgehead atoms. The van der Waals surface area contributed by atoms with E-state index in [1.165, 1.54) is 55.3 Å². The molecule has 0 saturated heterocycles. The van der Waals surface area contributed by atoms with Crippen LogP contribution in [-0.2, 0) is 27.5 Å². The number of halogens is 4. The monoisotopic (exact) mass is 641 g/mol. The first-order chi connectivity index (χ1) is 20.2. The minimum absolute atomic E-state index is 0.0595. The predicted molar refractivity (Wildman–Crippen MR) is 155 cm³/mol. The number of thioether (sulfide) groups is 1. The Labute approximate surface area is 251 Å². The molecule has 3 N–H and O–H groups in total. The van der Waals surface area contributed by atoms with E-state index in [1.807, 2.05) is 0 Å². The van der Waals surface area contributed by atoms with E-state index >= 15 is 0 Å². The molecule has 1 heterocycles. The summed E-state index contributed by atoms with van der Waals surface area (Å²) in [5, 5.41) is 13.1. The van der Waals surface area contributed by atoms with E-state index in [-0.39, 0.29) is 39.6 Å². The maximum absolute atomic E-state index is 15.0. The second-order valence-corrected chi connectivity index (χ2v) is 13.3. The highest BCUT2D eigenvalue weighted by atomic mass is 32.2. The number of benzene rings is 2. The molecule has 43 heavy (non-hydrogen) atoms. The molecule has 4 rings (SSSR count). The standard InChI is InChI=1S/C29H31F4N3O5S2/c1-41-24-15-18(9-12-23(24)37)26(17-8-11-22(21(30)14-17)36-43(2,39)40)27(38)34-16-19-10-13-25(29(31,32)33)35-28(19)42-20-6-4-3-5-7-20/h8-15,20,26,36-37H,3-7,16H2,1-2H3,(H,34,38). The number of carbonyl (C=O) groups excluding carboxylic acids is 1. The molecule has 1 amide bonds. The van der Waals surface area contributed by atoms with Gasteiger partial charge in [-0.05, 0) is 54.3 Å². The van der Waals surface area contributed by atoms with Gasteiger partial charge < -0.3 is 15.2 Å².